The van der Waals surface area contributed by atoms with E-state index >= 15 is 0 Å². The third-order valence-corrected chi connectivity index (χ3v) is 6.03. The van der Waals surface area contributed by atoms with Crippen LogP contribution in [0.15, 0.2) is 72.8 Å². The van der Waals surface area contributed by atoms with Crippen molar-refractivity contribution in [3.05, 3.63) is 89.5 Å². The molecule has 0 fully saturated rings. The summed E-state index contributed by atoms with van der Waals surface area (Å²) in [5.41, 5.74) is 3.91. The van der Waals surface area contributed by atoms with Crippen LogP contribution in [0.2, 0.25) is 0 Å². The number of para-hydroxylation sites is 1. The lowest BCUT2D eigenvalue weighted by molar-refractivity contribution is -0.130. The second-order valence-electron chi connectivity index (χ2n) is 8.82. The maximum Gasteiger partial charge on any atom is 0.259 e. The molecule has 1 N–H and O–H groups in total. The highest BCUT2D eigenvalue weighted by atomic mass is 16.5. The van der Waals surface area contributed by atoms with Gasteiger partial charge in [-0.3, -0.25) is 19.3 Å². The fourth-order valence-corrected chi connectivity index (χ4v) is 4.04. The van der Waals surface area contributed by atoms with Crippen molar-refractivity contribution in [2.75, 3.05) is 30.9 Å². The number of likely N-dealkylation sites (N-methyl/N-ethyl adjacent to an activating group) is 1. The number of aryl methyl sites for hydroxylation is 2. The van der Waals surface area contributed by atoms with Crippen LogP contribution in [0.4, 0.5) is 11.4 Å². The molecule has 180 valence electrons. The third kappa shape index (κ3) is 5.51. The van der Waals surface area contributed by atoms with Crippen LogP contribution in [0.3, 0.4) is 0 Å². The van der Waals surface area contributed by atoms with E-state index in [2.05, 4.69) is 5.32 Å². The first-order chi connectivity index (χ1) is 16.8. The Bertz CT molecular complexity index is 1240. The second kappa shape index (κ2) is 10.4. The highest BCUT2D eigenvalue weighted by molar-refractivity contribution is 6.12. The predicted octanol–water partition coefficient (Wildman–Crippen LogP) is 4.06. The first-order valence-corrected chi connectivity index (χ1v) is 11.6. The molecule has 1 aliphatic heterocycles. The number of benzene rings is 3. The Balaban J connectivity index is 1.61. The first-order valence-electron chi connectivity index (χ1n) is 11.6. The van der Waals surface area contributed by atoms with Crippen molar-refractivity contribution < 1.29 is 19.1 Å². The molecule has 4 rings (SSSR count). The van der Waals surface area contributed by atoms with Gasteiger partial charge in [0, 0.05) is 31.0 Å². The molecule has 0 bridgehead atoms. The zero-order valence-corrected chi connectivity index (χ0v) is 20.2. The molecule has 0 aliphatic carbocycles. The zero-order chi connectivity index (χ0) is 24.9. The number of anilines is 2. The summed E-state index contributed by atoms with van der Waals surface area (Å²) in [5.74, 6) is -0.303. The van der Waals surface area contributed by atoms with Crippen LogP contribution in [0, 0.1) is 6.92 Å². The summed E-state index contributed by atoms with van der Waals surface area (Å²) in [5, 5.41) is 2.96. The molecule has 0 saturated carbocycles. The van der Waals surface area contributed by atoms with Crippen molar-refractivity contribution in [3.63, 3.8) is 0 Å². The number of nitrogens with zero attached hydrogens (tertiary/aromatic N) is 2. The molecule has 1 unspecified atom stereocenters. The number of hydrogen-bond acceptors (Lipinski definition) is 4. The lowest BCUT2D eigenvalue weighted by Crippen LogP contribution is -2.50. The summed E-state index contributed by atoms with van der Waals surface area (Å²) in [6, 6.07) is 21.3. The van der Waals surface area contributed by atoms with Crippen LogP contribution in [0.1, 0.15) is 27.9 Å². The SMILES string of the molecule is Cc1ccc(NC(=O)C2CCc3ccccc3N2C(=O)c2cccc(OCC(=O)N(C)C)c2)cc1. The summed E-state index contributed by atoms with van der Waals surface area (Å²) < 4.78 is 5.60. The van der Waals surface area contributed by atoms with E-state index in [4.69, 9.17) is 4.74 Å². The average molecular weight is 472 g/mol. The number of amides is 3. The monoisotopic (exact) mass is 471 g/mol. The van der Waals surface area contributed by atoms with Gasteiger partial charge in [0.15, 0.2) is 6.61 Å². The summed E-state index contributed by atoms with van der Waals surface area (Å²) in [4.78, 5) is 42.0. The van der Waals surface area contributed by atoms with Crippen molar-refractivity contribution in [2.45, 2.75) is 25.8 Å². The quantitative estimate of drug-likeness (QED) is 0.588. The van der Waals surface area contributed by atoms with Gasteiger partial charge in [-0.05, 0) is 61.7 Å². The molecule has 0 aromatic heterocycles. The molecule has 0 spiro atoms. The van der Waals surface area contributed by atoms with Crippen LogP contribution in [-0.4, -0.2) is 49.4 Å². The van der Waals surface area contributed by atoms with E-state index in [9.17, 15) is 14.4 Å². The van der Waals surface area contributed by atoms with Gasteiger partial charge in [-0.15, -0.1) is 0 Å². The van der Waals surface area contributed by atoms with Crippen molar-refractivity contribution in [2.24, 2.45) is 0 Å². The molecule has 0 radical (unpaired) electrons. The molecule has 7 nitrogen and oxygen atoms in total. The Labute approximate surface area is 205 Å². The maximum absolute atomic E-state index is 13.8. The van der Waals surface area contributed by atoms with Gasteiger partial charge in [-0.25, -0.2) is 0 Å². The van der Waals surface area contributed by atoms with Gasteiger partial charge in [0.2, 0.25) is 5.91 Å². The van der Waals surface area contributed by atoms with E-state index < -0.39 is 6.04 Å². The van der Waals surface area contributed by atoms with Crippen LogP contribution in [0.5, 0.6) is 5.75 Å². The smallest absolute Gasteiger partial charge is 0.259 e. The number of ether oxygens (including phenoxy) is 1. The number of nitrogens with one attached hydrogen (secondary N) is 1. The minimum Gasteiger partial charge on any atom is -0.484 e. The summed E-state index contributed by atoms with van der Waals surface area (Å²) in [6.07, 6.45) is 1.20. The van der Waals surface area contributed by atoms with E-state index in [1.807, 2.05) is 55.5 Å². The molecule has 7 heteroatoms. The molecule has 3 aromatic rings. The Morgan fingerprint density at radius 2 is 1.74 bits per heavy atom. The van der Waals surface area contributed by atoms with Crippen molar-refractivity contribution in [3.8, 4) is 5.75 Å². The lowest BCUT2D eigenvalue weighted by atomic mass is 9.94. The van der Waals surface area contributed by atoms with Gasteiger partial charge in [-0.1, -0.05) is 42.0 Å². The Hall–Kier alpha value is -4.13. The van der Waals surface area contributed by atoms with Gasteiger partial charge < -0.3 is 15.0 Å². The number of carbonyl (C=O) groups is 3. The normalized spacial score (nSPS) is 14.6. The molecule has 0 saturated heterocycles. The van der Waals surface area contributed by atoms with Gasteiger partial charge >= 0.3 is 0 Å². The van der Waals surface area contributed by atoms with Gasteiger partial charge in [0.1, 0.15) is 11.8 Å². The van der Waals surface area contributed by atoms with E-state index in [1.165, 1.54) is 4.90 Å². The third-order valence-electron chi connectivity index (χ3n) is 6.03. The maximum atomic E-state index is 13.8. The van der Waals surface area contributed by atoms with Gasteiger partial charge in [0.05, 0.1) is 0 Å². The lowest BCUT2D eigenvalue weighted by Gasteiger charge is -2.36. The Kier molecular flexibility index (Phi) is 7.15. The van der Waals surface area contributed by atoms with Crippen LogP contribution in [0.25, 0.3) is 0 Å². The molecule has 35 heavy (non-hydrogen) atoms. The fraction of sp³-hybridized carbons (Fsp3) is 0.250. The summed E-state index contributed by atoms with van der Waals surface area (Å²) in [6.45, 7) is 1.86. The molecule has 1 heterocycles. The average Bonchev–Trinajstić information content (AvgIpc) is 2.87. The highest BCUT2D eigenvalue weighted by Gasteiger charge is 2.36. The largest absolute Gasteiger partial charge is 0.484 e. The molecule has 3 amide bonds. The Morgan fingerprint density at radius 1 is 1.00 bits per heavy atom. The standard InChI is InChI=1S/C28H29N3O4/c1-19-11-14-22(15-12-19)29-27(33)25-16-13-20-7-4-5-10-24(20)31(25)28(34)21-8-6-9-23(17-21)35-18-26(32)30(2)3/h4-12,14-15,17,25H,13,16,18H2,1-3H3,(H,29,33). The van der Waals surface area contributed by atoms with Crippen molar-refractivity contribution in [1.82, 2.24) is 4.90 Å². The van der Waals surface area contributed by atoms with E-state index in [0.29, 0.717) is 29.8 Å². The topological polar surface area (TPSA) is 79.0 Å². The molecular formula is C28H29N3O4. The van der Waals surface area contributed by atoms with Crippen LogP contribution >= 0.6 is 0 Å². The number of fused-ring (bicyclic) bond motifs is 1. The molecular weight excluding hydrogens is 442 g/mol. The Morgan fingerprint density at radius 3 is 2.49 bits per heavy atom. The highest BCUT2D eigenvalue weighted by Crippen LogP contribution is 2.33. The summed E-state index contributed by atoms with van der Waals surface area (Å²) >= 11 is 0. The van der Waals surface area contributed by atoms with Gasteiger partial charge in [0.25, 0.3) is 11.8 Å². The van der Waals surface area contributed by atoms with Crippen LogP contribution < -0.4 is 15.0 Å². The minimum absolute atomic E-state index is 0.126. The minimum atomic E-state index is -0.668. The molecule has 1 atom stereocenters. The van der Waals surface area contributed by atoms with Crippen LogP contribution in [-0.2, 0) is 16.0 Å². The zero-order valence-electron chi connectivity index (χ0n) is 20.2. The van der Waals surface area contributed by atoms with E-state index in [-0.39, 0.29) is 24.3 Å². The summed E-state index contributed by atoms with van der Waals surface area (Å²) in [7, 11) is 3.31. The van der Waals surface area contributed by atoms with Gasteiger partial charge in [-0.2, -0.15) is 0 Å². The molecule has 3 aromatic carbocycles. The number of rotatable bonds is 6. The fourth-order valence-electron chi connectivity index (χ4n) is 4.04. The molecule has 1 aliphatic rings. The first kappa shape index (κ1) is 24.0. The van der Waals surface area contributed by atoms with Crippen molar-refractivity contribution in [1.29, 1.82) is 0 Å². The van der Waals surface area contributed by atoms with E-state index in [0.717, 1.165) is 16.8 Å². The predicted molar refractivity (Wildman–Crippen MR) is 136 cm³/mol. The number of hydrogen-bond donors (Lipinski definition) is 1. The second-order valence-corrected chi connectivity index (χ2v) is 8.82. The van der Waals surface area contributed by atoms with Crippen molar-refractivity contribution >= 4 is 29.1 Å². The van der Waals surface area contributed by atoms with E-state index in [1.54, 1.807) is 43.3 Å². The number of carbonyl (C=O) groups excluding carboxylic acids is 3.